The van der Waals surface area contributed by atoms with Crippen LogP contribution in [0, 0.1) is 0 Å². The van der Waals surface area contributed by atoms with Gasteiger partial charge in [0, 0.05) is 24.8 Å². The molecule has 0 amide bonds. The molecule has 2 aromatic carbocycles. The van der Waals surface area contributed by atoms with E-state index >= 15 is 0 Å². The topological polar surface area (TPSA) is 32.3 Å². The van der Waals surface area contributed by atoms with Gasteiger partial charge in [0.25, 0.3) is 0 Å². The second-order valence-electron chi connectivity index (χ2n) is 6.96. The van der Waals surface area contributed by atoms with E-state index in [0.29, 0.717) is 0 Å². The molecule has 0 fully saturated rings. The molecule has 0 atom stereocenters. The number of halogens is 1. The summed E-state index contributed by atoms with van der Waals surface area (Å²) >= 11 is 3.82. The molecule has 0 saturated heterocycles. The Bertz CT molecular complexity index is 1090. The summed E-state index contributed by atoms with van der Waals surface area (Å²) in [5, 5.41) is 0. The molecule has 4 nitrogen and oxygen atoms in total. The Morgan fingerprint density at radius 3 is 1.43 bits per heavy atom. The predicted octanol–water partition coefficient (Wildman–Crippen LogP) is 5.99. The number of anilines is 2. The summed E-state index contributed by atoms with van der Waals surface area (Å²) in [6.07, 6.45) is 7.74. The van der Waals surface area contributed by atoms with Crippen molar-refractivity contribution in [2.45, 2.75) is 0 Å². The Kier molecular flexibility index (Phi) is 5.07. The summed E-state index contributed by atoms with van der Waals surface area (Å²) in [5.41, 5.74) is 4.61. The second-order valence-corrected chi connectivity index (χ2v) is 7.78. The zero-order valence-corrected chi connectivity index (χ0v) is 17.7. The van der Waals surface area contributed by atoms with Gasteiger partial charge < -0.3 is 9.62 Å². The minimum Gasteiger partial charge on any atom is -0.345 e. The third-order valence-corrected chi connectivity index (χ3v) is 5.96. The van der Waals surface area contributed by atoms with E-state index < -0.39 is 0 Å². The molecule has 3 heterocycles. The van der Waals surface area contributed by atoms with Crippen molar-refractivity contribution in [1.29, 1.82) is 0 Å². The molecule has 2 aromatic heterocycles. The Labute approximate surface area is 184 Å². The Balaban J connectivity index is 1.42. The first-order valence-corrected chi connectivity index (χ1v) is 10.6. The lowest BCUT2D eigenvalue weighted by Crippen LogP contribution is -2.39. The Hall–Kier alpha value is -3.38. The van der Waals surface area contributed by atoms with Gasteiger partial charge in [-0.3, -0.25) is 0 Å². The lowest BCUT2D eigenvalue weighted by Gasteiger charge is -2.24. The first-order chi connectivity index (χ1) is 14.8. The van der Waals surface area contributed by atoms with Crippen molar-refractivity contribution in [3.05, 3.63) is 110 Å². The van der Waals surface area contributed by atoms with Gasteiger partial charge in [-0.15, -0.1) is 0 Å². The summed E-state index contributed by atoms with van der Waals surface area (Å²) in [6.45, 7) is 0. The minimum absolute atomic E-state index is 0.116. The van der Waals surface area contributed by atoms with Crippen LogP contribution in [0.15, 0.2) is 110 Å². The van der Waals surface area contributed by atoms with Gasteiger partial charge in [-0.05, 0) is 46.5 Å². The van der Waals surface area contributed by atoms with Crippen molar-refractivity contribution in [1.82, 2.24) is 9.97 Å². The minimum atomic E-state index is -0.116. The number of hydrogen-bond donors (Lipinski definition) is 0. The molecule has 0 saturated carbocycles. The van der Waals surface area contributed by atoms with Gasteiger partial charge in [0.1, 0.15) is 11.6 Å². The predicted molar refractivity (Wildman–Crippen MR) is 128 cm³/mol. The van der Waals surface area contributed by atoms with E-state index in [2.05, 4.69) is 71.7 Å². The number of hydrogen-bond acceptors (Lipinski definition) is 4. The quantitative estimate of drug-likeness (QED) is 0.356. The maximum atomic E-state index is 4.59. The lowest BCUT2D eigenvalue weighted by atomic mass is 10.0. The van der Waals surface area contributed by atoms with E-state index in [1.165, 1.54) is 11.1 Å². The average molecular weight is 453 g/mol. The lowest BCUT2D eigenvalue weighted by molar-refractivity contribution is 1.23. The summed E-state index contributed by atoms with van der Waals surface area (Å²) < 4.78 is 0. The molecule has 0 N–H and O–H groups in total. The van der Waals surface area contributed by atoms with Crippen LogP contribution in [0.3, 0.4) is 0 Å². The van der Waals surface area contributed by atoms with Crippen LogP contribution in [-0.2, 0) is 0 Å². The molecular weight excluding hydrogens is 435 g/mol. The van der Waals surface area contributed by atoms with Gasteiger partial charge in [0.05, 0.1) is 0 Å². The zero-order chi connectivity index (χ0) is 20.3. The van der Waals surface area contributed by atoms with Gasteiger partial charge in [0.15, 0.2) is 0 Å². The van der Waals surface area contributed by atoms with Crippen molar-refractivity contribution < 1.29 is 0 Å². The fourth-order valence-electron chi connectivity index (χ4n) is 3.53. The van der Waals surface area contributed by atoms with Crippen molar-refractivity contribution in [2.75, 3.05) is 9.62 Å². The van der Waals surface area contributed by atoms with Crippen LogP contribution in [0.25, 0.3) is 22.3 Å². The van der Waals surface area contributed by atoms with Crippen molar-refractivity contribution in [3.63, 3.8) is 0 Å². The summed E-state index contributed by atoms with van der Waals surface area (Å²) in [4.78, 5) is 13.3. The van der Waals surface area contributed by atoms with E-state index in [9.17, 15) is 0 Å². The van der Waals surface area contributed by atoms with Crippen molar-refractivity contribution in [2.24, 2.45) is 0 Å². The second kappa shape index (κ2) is 8.16. The van der Waals surface area contributed by atoms with Gasteiger partial charge in [-0.1, -0.05) is 76.4 Å². The van der Waals surface area contributed by atoms with Gasteiger partial charge in [-0.2, -0.15) is 0 Å². The molecule has 0 unspecified atom stereocenters. The van der Waals surface area contributed by atoms with Gasteiger partial charge in [0.2, 0.25) is 0 Å². The third kappa shape index (κ3) is 3.62. The van der Waals surface area contributed by atoms with Gasteiger partial charge in [-0.25, -0.2) is 9.97 Å². The van der Waals surface area contributed by atoms with E-state index in [-0.39, 0.29) is 5.81 Å². The summed E-state index contributed by atoms with van der Waals surface area (Å²) in [6, 6.07) is 28.9. The number of pyridine rings is 2. The normalized spacial score (nSPS) is 13.2. The molecule has 0 bridgehead atoms. The smallest absolute Gasteiger partial charge is 0.345 e. The SMILES string of the molecule is BrB1N(c2cc(-c3ccccc3)ccn2)C=CN1c1cc(-c2ccccc2)ccn1. The maximum absolute atomic E-state index is 4.59. The Morgan fingerprint density at radius 1 is 0.567 bits per heavy atom. The standard InChI is InChI=1S/C24H18BBrN4/c26-25-29(23-17-21(11-13-27-23)19-7-3-1-4-8-19)15-16-30(25)24-18-22(12-14-28-24)20-9-5-2-6-10-20/h1-18H. The van der Waals surface area contributed by atoms with Crippen LogP contribution in [0.4, 0.5) is 11.6 Å². The van der Waals surface area contributed by atoms with Crippen LogP contribution in [-0.4, -0.2) is 15.8 Å². The molecule has 1 aliphatic rings. The Morgan fingerprint density at radius 2 is 1.00 bits per heavy atom. The first kappa shape index (κ1) is 18.6. The number of aromatic nitrogens is 2. The van der Waals surface area contributed by atoms with Crippen LogP contribution in [0.5, 0.6) is 0 Å². The molecule has 5 rings (SSSR count). The third-order valence-electron chi connectivity index (χ3n) is 5.08. The summed E-state index contributed by atoms with van der Waals surface area (Å²) in [7, 11) is 0. The highest BCUT2D eigenvalue weighted by Crippen LogP contribution is 2.31. The number of rotatable bonds is 4. The molecule has 30 heavy (non-hydrogen) atoms. The fraction of sp³-hybridized carbons (Fsp3) is 0. The largest absolute Gasteiger partial charge is 0.466 e. The van der Waals surface area contributed by atoms with E-state index in [4.69, 9.17) is 0 Å². The van der Waals surface area contributed by atoms with E-state index in [1.54, 1.807) is 0 Å². The van der Waals surface area contributed by atoms with E-state index in [1.807, 2.05) is 73.3 Å². The fourth-order valence-corrected chi connectivity index (χ4v) is 4.22. The highest BCUT2D eigenvalue weighted by atomic mass is 79.9. The first-order valence-electron chi connectivity index (χ1n) is 9.72. The van der Waals surface area contributed by atoms with Crippen LogP contribution in [0.1, 0.15) is 0 Å². The number of nitrogens with zero attached hydrogens (tertiary/aromatic N) is 4. The molecule has 144 valence electrons. The summed E-state index contributed by atoms with van der Waals surface area (Å²) in [5.74, 6) is 1.63. The maximum Gasteiger partial charge on any atom is 0.466 e. The zero-order valence-electron chi connectivity index (χ0n) is 16.1. The van der Waals surface area contributed by atoms with Crippen LogP contribution in [0.2, 0.25) is 0 Å². The monoisotopic (exact) mass is 452 g/mol. The molecular formula is C24H18BBrN4. The molecule has 4 aromatic rings. The van der Waals surface area contributed by atoms with Crippen LogP contribution < -0.4 is 9.62 Å². The van der Waals surface area contributed by atoms with E-state index in [0.717, 1.165) is 22.8 Å². The van der Waals surface area contributed by atoms with Crippen LogP contribution >= 0.6 is 15.8 Å². The number of benzene rings is 2. The molecule has 6 heteroatoms. The molecule has 1 aliphatic heterocycles. The van der Waals surface area contributed by atoms with Crippen molar-refractivity contribution >= 4 is 33.2 Å². The van der Waals surface area contributed by atoms with Gasteiger partial charge >= 0.3 is 5.81 Å². The molecule has 0 radical (unpaired) electrons. The molecule has 0 aliphatic carbocycles. The highest BCUT2D eigenvalue weighted by molar-refractivity contribution is 9.24. The van der Waals surface area contributed by atoms with Crippen molar-refractivity contribution in [3.8, 4) is 22.3 Å². The highest BCUT2D eigenvalue weighted by Gasteiger charge is 2.33. The average Bonchev–Trinajstić information content (AvgIpc) is 3.22. The molecule has 0 spiro atoms.